The predicted molar refractivity (Wildman–Crippen MR) is 124 cm³/mol. The van der Waals surface area contributed by atoms with Gasteiger partial charge in [0, 0.05) is 27.5 Å². The van der Waals surface area contributed by atoms with E-state index in [1.54, 1.807) is 28.2 Å². The van der Waals surface area contributed by atoms with E-state index in [1.165, 1.54) is 21.9 Å². The van der Waals surface area contributed by atoms with E-state index in [0.717, 1.165) is 59.6 Å². The minimum atomic E-state index is -4.41. The van der Waals surface area contributed by atoms with E-state index in [1.807, 2.05) is 19.9 Å². The molecule has 0 N–H and O–H groups in total. The highest BCUT2D eigenvalue weighted by Gasteiger charge is 2.30. The monoisotopic (exact) mass is 470 g/mol. The van der Waals surface area contributed by atoms with Crippen LogP contribution in [0.4, 0.5) is 13.2 Å². The molecule has 0 saturated carbocycles. The molecule has 0 radical (unpaired) electrons. The second-order valence-electron chi connectivity index (χ2n) is 8.24. The third-order valence-corrected chi connectivity index (χ3v) is 7.28. The largest absolute Gasteiger partial charge is 0.416 e. The number of aromatic nitrogens is 3. The van der Waals surface area contributed by atoms with Crippen LogP contribution >= 0.6 is 11.3 Å². The van der Waals surface area contributed by atoms with Gasteiger partial charge in [0.25, 0.3) is 5.56 Å². The molecule has 3 heterocycles. The summed E-state index contributed by atoms with van der Waals surface area (Å²) in [5, 5.41) is 5.00. The van der Waals surface area contributed by atoms with Crippen molar-refractivity contribution in [2.75, 3.05) is 0 Å². The average molecular weight is 471 g/mol. The molecule has 0 fully saturated rings. The van der Waals surface area contributed by atoms with Crippen LogP contribution in [-0.4, -0.2) is 20.4 Å². The standard InChI is InChI=1S/C24H21F3N4OS/c1-14-10-16(15(2)31(14)18-7-5-6-17(11-18)24(25,26)27)12-29-30-13-28-22-21(23(30)32)19-8-3-4-9-20(19)33-22/h5-7,10-13H,3-4,8-9H2,1-2H3/b29-12-. The third-order valence-electron chi connectivity index (χ3n) is 6.08. The van der Waals surface area contributed by atoms with Gasteiger partial charge in [0.05, 0.1) is 17.2 Å². The van der Waals surface area contributed by atoms with E-state index in [0.29, 0.717) is 16.6 Å². The zero-order valence-electron chi connectivity index (χ0n) is 18.1. The molecule has 0 unspecified atom stereocenters. The van der Waals surface area contributed by atoms with Gasteiger partial charge in [-0.25, -0.2) is 4.98 Å². The average Bonchev–Trinajstić information content (AvgIpc) is 3.29. The Bertz CT molecular complexity index is 1460. The maximum Gasteiger partial charge on any atom is 0.416 e. The first-order chi connectivity index (χ1) is 15.7. The van der Waals surface area contributed by atoms with Gasteiger partial charge in [-0.2, -0.15) is 22.9 Å². The zero-order chi connectivity index (χ0) is 23.3. The summed E-state index contributed by atoms with van der Waals surface area (Å²) in [5.74, 6) is 0. The molecule has 4 aromatic rings. The van der Waals surface area contributed by atoms with E-state index < -0.39 is 11.7 Å². The quantitative estimate of drug-likeness (QED) is 0.364. The number of benzene rings is 1. The Hall–Kier alpha value is -3.20. The molecule has 1 aliphatic rings. The van der Waals surface area contributed by atoms with Crippen molar-refractivity contribution in [1.82, 2.24) is 14.2 Å². The first kappa shape index (κ1) is 21.6. The summed E-state index contributed by atoms with van der Waals surface area (Å²) in [6.45, 7) is 3.64. The van der Waals surface area contributed by atoms with Gasteiger partial charge in [0.1, 0.15) is 11.2 Å². The summed E-state index contributed by atoms with van der Waals surface area (Å²) in [7, 11) is 0. The van der Waals surface area contributed by atoms with Crippen molar-refractivity contribution < 1.29 is 13.2 Å². The van der Waals surface area contributed by atoms with Crippen molar-refractivity contribution >= 4 is 27.8 Å². The van der Waals surface area contributed by atoms with Crippen LogP contribution in [0.1, 0.15) is 45.8 Å². The molecule has 5 nitrogen and oxygen atoms in total. The van der Waals surface area contributed by atoms with Crippen molar-refractivity contribution in [3.63, 3.8) is 0 Å². The molecular formula is C24H21F3N4OS. The maximum absolute atomic E-state index is 13.2. The second kappa shape index (κ2) is 7.98. The Morgan fingerprint density at radius 2 is 1.94 bits per heavy atom. The molecule has 0 saturated heterocycles. The summed E-state index contributed by atoms with van der Waals surface area (Å²) in [5.41, 5.74) is 2.83. The van der Waals surface area contributed by atoms with Gasteiger partial charge >= 0.3 is 6.18 Å². The summed E-state index contributed by atoms with van der Waals surface area (Å²) < 4.78 is 42.5. The number of aryl methyl sites for hydroxylation is 3. The Morgan fingerprint density at radius 1 is 1.15 bits per heavy atom. The van der Waals surface area contributed by atoms with E-state index in [9.17, 15) is 18.0 Å². The van der Waals surface area contributed by atoms with Gasteiger partial charge in [-0.1, -0.05) is 6.07 Å². The number of halogens is 3. The van der Waals surface area contributed by atoms with Gasteiger partial charge in [0.2, 0.25) is 0 Å². The predicted octanol–water partition coefficient (Wildman–Crippen LogP) is 5.65. The van der Waals surface area contributed by atoms with E-state index in [4.69, 9.17) is 0 Å². The molecule has 3 aromatic heterocycles. The Morgan fingerprint density at radius 3 is 2.73 bits per heavy atom. The highest BCUT2D eigenvalue weighted by Crippen LogP contribution is 2.33. The number of hydrogen-bond donors (Lipinski definition) is 0. The van der Waals surface area contributed by atoms with Crippen LogP contribution < -0.4 is 5.56 Å². The number of rotatable bonds is 3. The minimum absolute atomic E-state index is 0.192. The van der Waals surface area contributed by atoms with Crippen LogP contribution in [0.3, 0.4) is 0 Å². The Labute approximate surface area is 191 Å². The van der Waals surface area contributed by atoms with Crippen LogP contribution in [0.25, 0.3) is 15.9 Å². The summed E-state index contributed by atoms with van der Waals surface area (Å²) in [4.78, 5) is 19.5. The fraction of sp³-hybridized carbons (Fsp3) is 0.292. The van der Waals surface area contributed by atoms with Gasteiger partial charge < -0.3 is 4.57 Å². The van der Waals surface area contributed by atoms with Crippen LogP contribution in [0.2, 0.25) is 0 Å². The molecule has 33 heavy (non-hydrogen) atoms. The number of fused-ring (bicyclic) bond motifs is 3. The van der Waals surface area contributed by atoms with Crippen LogP contribution in [-0.2, 0) is 19.0 Å². The molecule has 5 rings (SSSR count). The first-order valence-electron chi connectivity index (χ1n) is 10.7. The summed E-state index contributed by atoms with van der Waals surface area (Å²) >= 11 is 1.59. The number of alkyl halides is 3. The molecule has 0 spiro atoms. The van der Waals surface area contributed by atoms with Crippen molar-refractivity contribution in [3.05, 3.63) is 80.0 Å². The smallest absolute Gasteiger partial charge is 0.318 e. The van der Waals surface area contributed by atoms with Crippen molar-refractivity contribution in [1.29, 1.82) is 0 Å². The molecule has 0 bridgehead atoms. The van der Waals surface area contributed by atoms with Crippen molar-refractivity contribution in [2.24, 2.45) is 5.10 Å². The third kappa shape index (κ3) is 3.80. The number of nitrogens with zero attached hydrogens (tertiary/aromatic N) is 4. The topological polar surface area (TPSA) is 52.2 Å². The fourth-order valence-electron chi connectivity index (χ4n) is 4.48. The maximum atomic E-state index is 13.2. The van der Waals surface area contributed by atoms with Crippen molar-refractivity contribution in [3.8, 4) is 5.69 Å². The number of hydrogen-bond acceptors (Lipinski definition) is 4. The lowest BCUT2D eigenvalue weighted by molar-refractivity contribution is -0.137. The van der Waals surface area contributed by atoms with Crippen LogP contribution in [0, 0.1) is 13.8 Å². The lowest BCUT2D eigenvalue weighted by Crippen LogP contribution is -2.18. The van der Waals surface area contributed by atoms with Crippen LogP contribution in [0.5, 0.6) is 0 Å². The molecule has 0 aliphatic heterocycles. The first-order valence-corrected chi connectivity index (χ1v) is 11.5. The molecule has 9 heteroatoms. The number of thiophene rings is 1. The SMILES string of the molecule is Cc1cc(/C=N\n2cnc3sc4c(c3c2=O)CCCC4)c(C)n1-c1cccc(C(F)(F)F)c1. The van der Waals surface area contributed by atoms with Gasteiger partial charge in [-0.15, -0.1) is 11.3 Å². The van der Waals surface area contributed by atoms with Gasteiger partial charge in [0.15, 0.2) is 0 Å². The molecular weight excluding hydrogens is 449 g/mol. The van der Waals surface area contributed by atoms with E-state index in [-0.39, 0.29) is 5.56 Å². The normalized spacial score (nSPS) is 14.3. The Balaban J connectivity index is 1.53. The van der Waals surface area contributed by atoms with Gasteiger partial charge in [-0.05, 0) is 69.4 Å². The molecule has 1 aliphatic carbocycles. The minimum Gasteiger partial charge on any atom is -0.318 e. The van der Waals surface area contributed by atoms with Gasteiger partial charge in [-0.3, -0.25) is 4.79 Å². The molecule has 1 aromatic carbocycles. The zero-order valence-corrected chi connectivity index (χ0v) is 18.9. The Kier molecular flexibility index (Phi) is 5.23. The second-order valence-corrected chi connectivity index (χ2v) is 9.32. The fourth-order valence-corrected chi connectivity index (χ4v) is 5.70. The van der Waals surface area contributed by atoms with Crippen molar-refractivity contribution in [2.45, 2.75) is 45.7 Å². The highest BCUT2D eigenvalue weighted by atomic mass is 32.1. The van der Waals surface area contributed by atoms with E-state index >= 15 is 0 Å². The summed E-state index contributed by atoms with van der Waals surface area (Å²) in [6, 6.07) is 7.05. The highest BCUT2D eigenvalue weighted by molar-refractivity contribution is 7.18. The van der Waals surface area contributed by atoms with Crippen LogP contribution in [0.15, 0.2) is 46.6 Å². The summed E-state index contributed by atoms with van der Waals surface area (Å²) in [6.07, 6.45) is 2.64. The lowest BCUT2D eigenvalue weighted by Gasteiger charge is -2.13. The molecule has 0 atom stereocenters. The molecule has 170 valence electrons. The molecule has 0 amide bonds. The lowest BCUT2D eigenvalue weighted by atomic mass is 9.97. The van der Waals surface area contributed by atoms with E-state index in [2.05, 4.69) is 10.1 Å².